The van der Waals surface area contributed by atoms with Crippen LogP contribution in [0.3, 0.4) is 0 Å². The third-order valence-electron chi connectivity index (χ3n) is 10.9. The minimum absolute atomic E-state index is 0.0990. The summed E-state index contributed by atoms with van der Waals surface area (Å²) in [4.78, 5) is 30.8. The average Bonchev–Trinajstić information content (AvgIpc) is 3.19. The van der Waals surface area contributed by atoms with Gasteiger partial charge in [0.15, 0.2) is 9.92 Å². The smallest absolute Gasteiger partial charge is 0.330 e. The fraction of sp³-hybridized carbons (Fsp3) is 0.556. The summed E-state index contributed by atoms with van der Waals surface area (Å²) in [6.45, 7) is 5.29. The predicted molar refractivity (Wildman–Crippen MR) is 186 cm³/mol. The molecule has 1 saturated carbocycles. The van der Waals surface area contributed by atoms with Crippen molar-refractivity contribution in [2.75, 3.05) is 51.4 Å². The number of halogens is 1. The molecule has 11 nitrogen and oxygen atoms in total. The first-order valence-electron chi connectivity index (χ1n) is 17.1. The minimum atomic E-state index is -3.86. The van der Waals surface area contributed by atoms with E-state index in [1.807, 2.05) is 18.2 Å². The first-order chi connectivity index (χ1) is 23.4. The fourth-order valence-electron chi connectivity index (χ4n) is 7.87. The summed E-state index contributed by atoms with van der Waals surface area (Å²) in [5.41, 5.74) is 1.46. The van der Waals surface area contributed by atoms with Gasteiger partial charge in [0.25, 0.3) is 5.91 Å². The van der Waals surface area contributed by atoms with Crippen LogP contribution in [-0.2, 0) is 36.0 Å². The maximum Gasteiger partial charge on any atom is 0.330 e. The lowest BCUT2D eigenvalue weighted by molar-refractivity contribution is -0.137. The molecular weight excluding hydrogens is 668 g/mol. The van der Waals surface area contributed by atoms with Gasteiger partial charge in [-0.3, -0.25) is 4.79 Å². The molecule has 7 rings (SSSR count). The Hall–Kier alpha value is -3.16. The van der Waals surface area contributed by atoms with Crippen molar-refractivity contribution in [3.05, 3.63) is 64.7 Å². The molecule has 13 heteroatoms. The van der Waals surface area contributed by atoms with Gasteiger partial charge < -0.3 is 29.1 Å². The number of amides is 3. The number of aliphatic hydroxyl groups excluding tert-OH is 1. The molecule has 2 N–H and O–H groups in total. The van der Waals surface area contributed by atoms with Gasteiger partial charge in [-0.2, -0.15) is 0 Å². The number of aryl methyl sites for hydroxylation is 1. The zero-order valence-corrected chi connectivity index (χ0v) is 29.8. The Kier molecular flexibility index (Phi) is 9.23. The third kappa shape index (κ3) is 6.58. The Morgan fingerprint density at radius 1 is 1.16 bits per heavy atom. The van der Waals surface area contributed by atoms with Crippen LogP contribution in [0.1, 0.15) is 50.7 Å². The maximum absolute atomic E-state index is 14.9. The number of urea groups is 1. The van der Waals surface area contributed by atoms with E-state index < -0.39 is 33.6 Å². The summed E-state index contributed by atoms with van der Waals surface area (Å²) >= 11 is 6.45. The summed E-state index contributed by atoms with van der Waals surface area (Å²) < 4.78 is 40.2. The standard InChI is InChI=1S/C36H45ClN4O7S/c1-35(2)33(43)38-49(45,39-34(44)40-19-26(42)20-40)27-10-13-32-30(17-27)41(18-24-8-11-28(24)31(46-3)7-5-15-48-35)21-36(22-47-32)14-4-6-23-16-25(37)9-12-29(23)36/h5,7,9-10,12-13,16-17,24,26,28,31,42H,4,6,8,11,14-15,18-22H2,1-3H3,(H,38,39,43,44,45)/t24-,28+,31-,36-,49-/m0/s1. The van der Waals surface area contributed by atoms with Gasteiger partial charge in [0, 0.05) is 30.6 Å². The maximum atomic E-state index is 14.9. The van der Waals surface area contributed by atoms with Gasteiger partial charge in [-0.25, -0.2) is 13.7 Å². The van der Waals surface area contributed by atoms with Crippen molar-refractivity contribution in [2.45, 2.75) is 74.1 Å². The summed E-state index contributed by atoms with van der Waals surface area (Å²) in [5.74, 6) is 0.450. The van der Waals surface area contributed by atoms with Crippen molar-refractivity contribution < 1.29 is 33.1 Å². The largest absolute Gasteiger partial charge is 0.490 e. The molecule has 3 aliphatic heterocycles. The van der Waals surface area contributed by atoms with Crippen molar-refractivity contribution in [1.29, 1.82) is 0 Å². The summed E-state index contributed by atoms with van der Waals surface area (Å²) in [6, 6.07) is 10.6. The second-order valence-corrected chi connectivity index (χ2v) is 16.9. The second kappa shape index (κ2) is 13.2. The van der Waals surface area contributed by atoms with Gasteiger partial charge in [-0.05, 0) is 99.2 Å². The molecule has 264 valence electrons. The highest BCUT2D eigenvalue weighted by molar-refractivity contribution is 7.92. The van der Waals surface area contributed by atoms with Crippen molar-refractivity contribution in [1.82, 2.24) is 9.62 Å². The summed E-state index contributed by atoms with van der Waals surface area (Å²) in [7, 11) is -2.14. The lowest BCUT2D eigenvalue weighted by atomic mass is 9.68. The quantitative estimate of drug-likeness (QED) is 0.422. The number of carbonyl (C=O) groups excluding carboxylic acids is 2. The molecule has 5 aliphatic rings. The zero-order valence-electron chi connectivity index (χ0n) is 28.2. The highest BCUT2D eigenvalue weighted by atomic mass is 35.5. The van der Waals surface area contributed by atoms with Crippen molar-refractivity contribution in [2.24, 2.45) is 16.2 Å². The lowest BCUT2D eigenvalue weighted by Gasteiger charge is -2.46. The van der Waals surface area contributed by atoms with Crippen LogP contribution in [0.2, 0.25) is 5.02 Å². The van der Waals surface area contributed by atoms with Crippen molar-refractivity contribution in [3.63, 3.8) is 0 Å². The molecule has 2 aromatic carbocycles. The predicted octanol–water partition coefficient (Wildman–Crippen LogP) is 4.87. The van der Waals surface area contributed by atoms with Gasteiger partial charge in [-0.15, -0.1) is 4.36 Å². The Bertz CT molecular complexity index is 1790. The van der Waals surface area contributed by atoms with Gasteiger partial charge >= 0.3 is 6.03 Å². The second-order valence-electron chi connectivity index (χ2n) is 14.6. The molecule has 3 heterocycles. The number of hydrogen-bond acceptors (Lipinski definition) is 8. The molecule has 0 unspecified atom stereocenters. The van der Waals surface area contributed by atoms with Crippen LogP contribution in [0.25, 0.3) is 0 Å². The number of methoxy groups -OCH3 is 1. The normalized spacial score (nSPS) is 31.3. The number of benzene rings is 2. The summed E-state index contributed by atoms with van der Waals surface area (Å²) in [5, 5.41) is 10.5. The average molecular weight is 713 g/mol. The van der Waals surface area contributed by atoms with Crippen LogP contribution >= 0.6 is 11.6 Å². The lowest BCUT2D eigenvalue weighted by Crippen LogP contribution is -2.57. The van der Waals surface area contributed by atoms with Crippen molar-refractivity contribution >= 4 is 39.1 Å². The zero-order chi connectivity index (χ0) is 34.6. The Morgan fingerprint density at radius 2 is 1.98 bits per heavy atom. The van der Waals surface area contributed by atoms with Gasteiger partial charge in [0.05, 0.1) is 49.1 Å². The molecule has 2 fully saturated rings. The molecule has 2 aliphatic carbocycles. The molecule has 0 aromatic heterocycles. The number of rotatable bonds is 2. The van der Waals surface area contributed by atoms with E-state index in [1.54, 1.807) is 39.2 Å². The number of carbonyl (C=O) groups is 2. The molecule has 49 heavy (non-hydrogen) atoms. The number of fused-ring (bicyclic) bond motifs is 4. The monoisotopic (exact) mass is 712 g/mol. The molecule has 5 atom stereocenters. The van der Waals surface area contributed by atoms with Gasteiger partial charge in [0.2, 0.25) is 0 Å². The number of nitrogens with zero attached hydrogens (tertiary/aromatic N) is 3. The molecule has 3 amide bonds. The van der Waals surface area contributed by atoms with Crippen LogP contribution in [0.15, 0.2) is 57.8 Å². The van der Waals surface area contributed by atoms with E-state index in [4.69, 9.17) is 25.8 Å². The van der Waals surface area contributed by atoms with E-state index in [0.29, 0.717) is 31.4 Å². The minimum Gasteiger partial charge on any atom is -0.490 e. The summed E-state index contributed by atoms with van der Waals surface area (Å²) in [6.07, 6.45) is 8.03. The number of nitrogens with one attached hydrogen (secondary N) is 1. The van der Waals surface area contributed by atoms with Crippen LogP contribution in [0.5, 0.6) is 5.75 Å². The molecule has 1 spiro atoms. The van der Waals surface area contributed by atoms with Crippen LogP contribution in [0, 0.1) is 11.8 Å². The Balaban J connectivity index is 1.35. The number of anilines is 1. The van der Waals surface area contributed by atoms with Crippen LogP contribution in [-0.4, -0.2) is 90.5 Å². The number of hydrogen-bond donors (Lipinski definition) is 2. The van der Waals surface area contributed by atoms with E-state index in [0.717, 1.165) is 42.8 Å². The topological polar surface area (TPSA) is 130 Å². The fourth-order valence-corrected chi connectivity index (χ4v) is 9.68. The van der Waals surface area contributed by atoms with E-state index in [2.05, 4.69) is 26.1 Å². The van der Waals surface area contributed by atoms with E-state index in [-0.39, 0.29) is 42.0 Å². The Labute approximate surface area is 293 Å². The molecule has 2 aromatic rings. The number of aliphatic hydroxyl groups is 1. The third-order valence-corrected chi connectivity index (χ3v) is 12.9. The van der Waals surface area contributed by atoms with Crippen LogP contribution < -0.4 is 14.4 Å². The van der Waals surface area contributed by atoms with Gasteiger partial charge in [0.1, 0.15) is 11.4 Å². The number of likely N-dealkylation sites (tertiary alicyclic amines) is 1. The first-order valence-corrected chi connectivity index (χ1v) is 19.0. The molecule has 0 radical (unpaired) electrons. The first kappa shape index (κ1) is 34.3. The van der Waals surface area contributed by atoms with E-state index >= 15 is 0 Å². The highest BCUT2D eigenvalue weighted by Gasteiger charge is 2.45. The van der Waals surface area contributed by atoms with Gasteiger partial charge in [-0.1, -0.05) is 29.8 Å². The van der Waals surface area contributed by atoms with Crippen LogP contribution in [0.4, 0.5) is 10.5 Å². The van der Waals surface area contributed by atoms with E-state index in [1.165, 1.54) is 16.0 Å². The molecule has 1 saturated heterocycles. The SMILES string of the molecule is CO[C@H]1C=CCOC(C)(C)C(=O)N=[S@](=O)(NC(=O)N2CC(O)C2)c2ccc3c(c2)N(C[C@@H]2CC[C@H]21)C[C@@]1(CCCc2cc(Cl)ccc21)CO3. The molecule has 2 bridgehead atoms. The highest BCUT2D eigenvalue weighted by Crippen LogP contribution is 2.47. The Morgan fingerprint density at radius 3 is 2.71 bits per heavy atom. The van der Waals surface area contributed by atoms with E-state index in [9.17, 15) is 18.9 Å². The molecular formula is C36H45ClN4O7S. The number of ether oxygens (including phenoxy) is 3. The number of β-amino-alcohol motifs (C(OH)–C–C–N with tert-alkyl or cyclic N) is 1. The van der Waals surface area contributed by atoms with Crippen molar-refractivity contribution in [3.8, 4) is 5.75 Å².